The van der Waals surface area contributed by atoms with Crippen molar-refractivity contribution >= 4 is 52.4 Å². The van der Waals surface area contributed by atoms with Crippen LogP contribution in [0.4, 0.5) is 5.00 Å². The van der Waals surface area contributed by atoms with Gasteiger partial charge in [0.05, 0.1) is 16.5 Å². The zero-order valence-corrected chi connectivity index (χ0v) is 14.4. The van der Waals surface area contributed by atoms with Gasteiger partial charge in [-0.1, -0.05) is 13.1 Å². The van der Waals surface area contributed by atoms with Crippen molar-refractivity contribution in [2.75, 3.05) is 25.1 Å². The molecule has 3 nitrogen and oxygen atoms in total. The fourth-order valence-electron chi connectivity index (χ4n) is 2.71. The van der Waals surface area contributed by atoms with Gasteiger partial charge in [-0.3, -0.25) is 4.79 Å². The molecule has 0 radical (unpaired) electrons. The maximum absolute atomic E-state index is 11.0. The highest BCUT2D eigenvalue weighted by Crippen LogP contribution is 2.41. The van der Waals surface area contributed by atoms with Crippen LogP contribution in [0.2, 0.25) is 13.1 Å². The van der Waals surface area contributed by atoms with Crippen molar-refractivity contribution in [2.24, 2.45) is 0 Å². The minimum Gasteiger partial charge on any atom is -0.395 e. The first kappa shape index (κ1) is 14.0. The summed E-state index contributed by atoms with van der Waals surface area (Å²) in [5.41, 5.74) is 0. The van der Waals surface area contributed by atoms with Crippen LogP contribution in [-0.2, 0) is 0 Å². The maximum Gasteiger partial charge on any atom is 0.160 e. The van der Waals surface area contributed by atoms with E-state index in [0.29, 0.717) is 6.54 Å². The maximum atomic E-state index is 11.0. The molecule has 20 heavy (non-hydrogen) atoms. The van der Waals surface area contributed by atoms with E-state index in [2.05, 4.69) is 30.1 Å². The van der Waals surface area contributed by atoms with E-state index in [1.165, 1.54) is 25.1 Å². The summed E-state index contributed by atoms with van der Waals surface area (Å²) in [4.78, 5) is 16.6. The number of aldehydes is 1. The quantitative estimate of drug-likeness (QED) is 0.690. The lowest BCUT2D eigenvalue weighted by atomic mass is 10.4. The summed E-state index contributed by atoms with van der Waals surface area (Å²) in [6.07, 6.45) is 0.958. The Morgan fingerprint density at radius 1 is 1.25 bits per heavy atom. The van der Waals surface area contributed by atoms with Crippen LogP contribution in [0.1, 0.15) is 9.67 Å². The molecule has 2 aromatic heterocycles. The number of carbonyl (C=O) groups is 1. The normalized spacial score (nSPS) is 15.0. The number of rotatable bonds is 4. The third-order valence-corrected chi connectivity index (χ3v) is 10.3. The number of aliphatic hydroxyl groups is 1. The smallest absolute Gasteiger partial charge is 0.160 e. The molecule has 0 saturated heterocycles. The molecule has 2 aromatic rings. The fraction of sp³-hybridized carbons (Fsp3) is 0.357. The molecular formula is C14H17NO2S2Si. The van der Waals surface area contributed by atoms with Crippen LogP contribution in [0.15, 0.2) is 12.1 Å². The Morgan fingerprint density at radius 3 is 2.55 bits per heavy atom. The summed E-state index contributed by atoms with van der Waals surface area (Å²) in [6.45, 7) is 5.51. The Hall–Kier alpha value is -0.953. The summed E-state index contributed by atoms with van der Waals surface area (Å²) in [5, 5.41) is 13.2. The number of carbonyl (C=O) groups excluding carboxylic acids is 1. The monoisotopic (exact) mass is 323 g/mol. The van der Waals surface area contributed by atoms with E-state index in [1.807, 2.05) is 7.05 Å². The van der Waals surface area contributed by atoms with Gasteiger partial charge in [-0.25, -0.2) is 0 Å². The van der Waals surface area contributed by atoms with E-state index in [1.54, 1.807) is 22.7 Å². The van der Waals surface area contributed by atoms with Crippen LogP contribution >= 0.6 is 22.7 Å². The molecule has 0 unspecified atom stereocenters. The van der Waals surface area contributed by atoms with Crippen molar-refractivity contribution in [2.45, 2.75) is 13.1 Å². The van der Waals surface area contributed by atoms with Crippen molar-refractivity contribution in [1.29, 1.82) is 0 Å². The van der Waals surface area contributed by atoms with Crippen LogP contribution in [0, 0.1) is 0 Å². The highest BCUT2D eigenvalue weighted by Gasteiger charge is 2.41. The summed E-state index contributed by atoms with van der Waals surface area (Å²) in [5.74, 6) is 0. The molecule has 0 saturated carbocycles. The molecule has 0 amide bonds. The summed E-state index contributed by atoms with van der Waals surface area (Å²) in [7, 11) is 0.360. The zero-order chi connectivity index (χ0) is 14.5. The molecule has 0 aliphatic carbocycles. The van der Waals surface area contributed by atoms with Crippen LogP contribution in [-0.4, -0.2) is 39.7 Å². The predicted octanol–water partition coefficient (Wildman–Crippen LogP) is 1.85. The van der Waals surface area contributed by atoms with Crippen molar-refractivity contribution in [1.82, 2.24) is 0 Å². The van der Waals surface area contributed by atoms with Crippen molar-refractivity contribution in [3.8, 4) is 9.75 Å². The first-order valence-electron chi connectivity index (χ1n) is 6.55. The number of aliphatic hydroxyl groups excluding tert-OH is 1. The second kappa shape index (κ2) is 4.80. The number of thiophene rings is 2. The Kier molecular flexibility index (Phi) is 3.36. The van der Waals surface area contributed by atoms with E-state index in [4.69, 9.17) is 5.11 Å². The molecule has 3 rings (SSSR count). The molecule has 0 spiro atoms. The van der Waals surface area contributed by atoms with Crippen molar-refractivity contribution in [3.63, 3.8) is 0 Å². The van der Waals surface area contributed by atoms with Gasteiger partial charge in [0.25, 0.3) is 0 Å². The second-order valence-corrected chi connectivity index (χ2v) is 12.0. The Morgan fingerprint density at radius 2 is 1.90 bits per heavy atom. The Bertz CT molecular complexity index is 675. The highest BCUT2D eigenvalue weighted by molar-refractivity contribution is 7.31. The molecule has 1 N–H and O–H groups in total. The van der Waals surface area contributed by atoms with Crippen LogP contribution in [0.3, 0.4) is 0 Å². The molecule has 6 heteroatoms. The third kappa shape index (κ3) is 1.90. The second-order valence-electron chi connectivity index (χ2n) is 5.61. The van der Waals surface area contributed by atoms with Gasteiger partial charge in [0, 0.05) is 23.3 Å². The summed E-state index contributed by atoms with van der Waals surface area (Å²) < 4.78 is 0. The fourth-order valence-corrected chi connectivity index (χ4v) is 9.71. The molecule has 0 aromatic carbocycles. The number of fused-ring (bicyclic) bond motifs is 3. The molecule has 1 aliphatic heterocycles. The van der Waals surface area contributed by atoms with Crippen molar-refractivity contribution in [3.05, 3.63) is 17.0 Å². The number of hydrogen-bond acceptors (Lipinski definition) is 5. The Labute approximate surface area is 127 Å². The van der Waals surface area contributed by atoms with Gasteiger partial charge in [0.15, 0.2) is 6.29 Å². The van der Waals surface area contributed by atoms with Crippen LogP contribution in [0.25, 0.3) is 9.75 Å². The number of anilines is 1. The molecule has 0 bridgehead atoms. The van der Waals surface area contributed by atoms with Crippen molar-refractivity contribution < 1.29 is 9.90 Å². The average Bonchev–Trinajstić information content (AvgIpc) is 3.06. The average molecular weight is 324 g/mol. The lowest BCUT2D eigenvalue weighted by molar-refractivity contribution is 0.112. The minimum atomic E-state index is -1.65. The lowest BCUT2D eigenvalue weighted by Crippen LogP contribution is -2.48. The minimum absolute atomic E-state index is 0.166. The molecule has 1 aliphatic rings. The first-order chi connectivity index (χ1) is 9.48. The molecular weight excluding hydrogens is 306 g/mol. The van der Waals surface area contributed by atoms with Gasteiger partial charge in [-0.05, 0) is 22.5 Å². The standard InChI is InChI=1S/C14H17NO2S2Si/c1-15(4-5-16)12-7-11-14(19-12)13-10(20(11,2)3)6-9(8-17)18-13/h6-8,16H,4-5H2,1-3H3. The van der Waals surface area contributed by atoms with E-state index in [9.17, 15) is 4.79 Å². The predicted molar refractivity (Wildman–Crippen MR) is 90.1 cm³/mol. The molecule has 3 heterocycles. The van der Waals surface area contributed by atoms with Gasteiger partial charge >= 0.3 is 0 Å². The molecule has 0 atom stereocenters. The van der Waals surface area contributed by atoms with Gasteiger partial charge in [-0.15, -0.1) is 22.7 Å². The van der Waals surface area contributed by atoms with Gasteiger partial charge in [0.2, 0.25) is 0 Å². The Balaban J connectivity index is 2.11. The number of hydrogen-bond donors (Lipinski definition) is 1. The van der Waals surface area contributed by atoms with E-state index in [-0.39, 0.29) is 6.61 Å². The lowest BCUT2D eigenvalue weighted by Gasteiger charge is -2.18. The number of nitrogens with zero attached hydrogens (tertiary/aromatic N) is 1. The van der Waals surface area contributed by atoms with Gasteiger partial charge < -0.3 is 10.0 Å². The third-order valence-electron chi connectivity index (χ3n) is 3.95. The van der Waals surface area contributed by atoms with E-state index < -0.39 is 8.07 Å². The first-order valence-corrected chi connectivity index (χ1v) is 11.2. The topological polar surface area (TPSA) is 40.5 Å². The molecule has 106 valence electrons. The van der Waals surface area contributed by atoms with Crippen LogP contribution in [0.5, 0.6) is 0 Å². The van der Waals surface area contributed by atoms with Crippen LogP contribution < -0.4 is 15.3 Å². The number of likely N-dealkylation sites (N-methyl/N-ethyl adjacent to an activating group) is 1. The summed E-state index contributed by atoms with van der Waals surface area (Å²) >= 11 is 3.40. The SMILES string of the molecule is CN(CCO)c1cc2c(s1)-c1sc(C=O)cc1[Si]2(C)C. The zero-order valence-electron chi connectivity index (χ0n) is 11.8. The molecule has 0 fully saturated rings. The van der Waals surface area contributed by atoms with Gasteiger partial charge in [-0.2, -0.15) is 0 Å². The van der Waals surface area contributed by atoms with E-state index >= 15 is 0 Å². The highest BCUT2D eigenvalue weighted by atomic mass is 32.1. The van der Waals surface area contributed by atoms with Gasteiger partial charge in [0.1, 0.15) is 8.07 Å². The summed E-state index contributed by atoms with van der Waals surface area (Å²) in [6, 6.07) is 4.37. The van der Waals surface area contributed by atoms with E-state index in [0.717, 1.165) is 11.2 Å². The largest absolute Gasteiger partial charge is 0.395 e.